The molecule has 26 heavy (non-hydrogen) atoms. The van der Waals surface area contributed by atoms with Crippen LogP contribution in [0.15, 0.2) is 41.4 Å². The van der Waals surface area contributed by atoms with Crippen LogP contribution in [0.4, 0.5) is 0 Å². The Kier molecular flexibility index (Phi) is 5.87. The second kappa shape index (κ2) is 7.96. The van der Waals surface area contributed by atoms with Gasteiger partial charge in [0.05, 0.1) is 27.8 Å². The molecule has 1 saturated heterocycles. The van der Waals surface area contributed by atoms with Crippen molar-refractivity contribution in [3.63, 3.8) is 0 Å². The van der Waals surface area contributed by atoms with Gasteiger partial charge in [-0.1, -0.05) is 49.9 Å². The van der Waals surface area contributed by atoms with Crippen LogP contribution in [-0.2, 0) is 14.6 Å². The van der Waals surface area contributed by atoms with E-state index in [0.29, 0.717) is 18.9 Å². The van der Waals surface area contributed by atoms with Crippen LogP contribution in [0.3, 0.4) is 0 Å². The molecule has 0 unspecified atom stereocenters. The van der Waals surface area contributed by atoms with Crippen molar-refractivity contribution < 1.29 is 13.2 Å². The van der Waals surface area contributed by atoms with E-state index in [1.54, 1.807) is 4.90 Å². The molecule has 0 aliphatic carbocycles. The van der Waals surface area contributed by atoms with Gasteiger partial charge in [0.25, 0.3) is 0 Å². The molecular weight excluding hydrogens is 368 g/mol. The summed E-state index contributed by atoms with van der Waals surface area (Å²) >= 11 is 1.41. The number of aromatic nitrogens is 1. The first-order valence-electron chi connectivity index (χ1n) is 8.82. The van der Waals surface area contributed by atoms with Gasteiger partial charge >= 0.3 is 0 Å². The van der Waals surface area contributed by atoms with Crippen LogP contribution >= 0.6 is 11.8 Å². The van der Waals surface area contributed by atoms with E-state index in [-0.39, 0.29) is 29.2 Å². The van der Waals surface area contributed by atoms with Crippen molar-refractivity contribution in [3.8, 4) is 0 Å². The third-order valence-corrected chi connectivity index (χ3v) is 7.11. The molecular formula is C19H24N2O3S2. The van der Waals surface area contributed by atoms with E-state index < -0.39 is 9.84 Å². The van der Waals surface area contributed by atoms with Crippen LogP contribution in [0, 0.1) is 5.92 Å². The molecule has 1 fully saturated rings. The highest BCUT2D eigenvalue weighted by molar-refractivity contribution is 7.99. The average molecular weight is 393 g/mol. The van der Waals surface area contributed by atoms with E-state index >= 15 is 0 Å². The monoisotopic (exact) mass is 392 g/mol. The molecule has 2 heterocycles. The fraction of sp³-hybridized carbons (Fsp3) is 0.474. The largest absolute Gasteiger partial charge is 0.338 e. The number of fused-ring (bicyclic) bond motifs is 1. The molecule has 0 radical (unpaired) electrons. The summed E-state index contributed by atoms with van der Waals surface area (Å²) < 4.78 is 23.6. The fourth-order valence-corrected chi connectivity index (χ4v) is 5.71. The summed E-state index contributed by atoms with van der Waals surface area (Å²) in [6.07, 6.45) is 0.541. The molecule has 2 aromatic rings. The third kappa shape index (κ3) is 4.76. The molecule has 1 aliphatic heterocycles. The van der Waals surface area contributed by atoms with Gasteiger partial charge in [-0.15, -0.1) is 0 Å². The zero-order valence-corrected chi connectivity index (χ0v) is 16.7. The summed E-state index contributed by atoms with van der Waals surface area (Å²) in [5.74, 6) is 0.824. The second-order valence-corrected chi connectivity index (χ2v) is 10.4. The predicted molar refractivity (Wildman–Crippen MR) is 106 cm³/mol. The van der Waals surface area contributed by atoms with Gasteiger partial charge in [0.15, 0.2) is 9.84 Å². The summed E-state index contributed by atoms with van der Waals surface area (Å²) in [6.45, 7) is 4.67. The lowest BCUT2D eigenvalue weighted by molar-refractivity contribution is -0.130. The molecule has 0 bridgehead atoms. The van der Waals surface area contributed by atoms with Crippen molar-refractivity contribution in [2.24, 2.45) is 5.92 Å². The molecule has 0 N–H and O–H groups in total. The summed E-state index contributed by atoms with van der Waals surface area (Å²) in [5, 5.41) is 1.88. The van der Waals surface area contributed by atoms with E-state index in [9.17, 15) is 13.2 Å². The van der Waals surface area contributed by atoms with E-state index in [1.165, 1.54) is 11.8 Å². The van der Waals surface area contributed by atoms with Gasteiger partial charge in [-0.2, -0.15) is 0 Å². The Morgan fingerprint density at radius 3 is 2.73 bits per heavy atom. The van der Waals surface area contributed by atoms with Crippen LogP contribution in [0.2, 0.25) is 0 Å². The van der Waals surface area contributed by atoms with Gasteiger partial charge in [0.1, 0.15) is 0 Å². The highest BCUT2D eigenvalue weighted by Crippen LogP contribution is 2.23. The van der Waals surface area contributed by atoms with Crippen molar-refractivity contribution in [2.75, 3.05) is 23.8 Å². The number of sulfone groups is 1. The Morgan fingerprint density at radius 2 is 2.04 bits per heavy atom. The van der Waals surface area contributed by atoms with Gasteiger partial charge in [-0.3, -0.25) is 4.79 Å². The van der Waals surface area contributed by atoms with E-state index in [0.717, 1.165) is 15.9 Å². The van der Waals surface area contributed by atoms with Crippen LogP contribution in [0.25, 0.3) is 10.9 Å². The minimum absolute atomic E-state index is 0.0132. The zero-order valence-electron chi connectivity index (χ0n) is 15.1. The number of hydrogen-bond donors (Lipinski definition) is 0. The maximum atomic E-state index is 12.8. The van der Waals surface area contributed by atoms with Gasteiger partial charge < -0.3 is 4.90 Å². The summed E-state index contributed by atoms with van der Waals surface area (Å²) in [6, 6.07) is 11.6. The Labute approximate surface area is 159 Å². The highest BCUT2D eigenvalue weighted by atomic mass is 32.2. The fourth-order valence-electron chi connectivity index (χ4n) is 3.22. The topological polar surface area (TPSA) is 67.3 Å². The lowest BCUT2D eigenvalue weighted by atomic mass is 10.1. The highest BCUT2D eigenvalue weighted by Gasteiger charge is 2.34. The number of carbonyl (C=O) groups is 1. The first kappa shape index (κ1) is 19.2. The number of nitrogens with zero attached hydrogens (tertiary/aromatic N) is 2. The average Bonchev–Trinajstić information content (AvgIpc) is 2.97. The lowest BCUT2D eigenvalue weighted by Crippen LogP contribution is -2.44. The minimum atomic E-state index is -3.01. The Balaban J connectivity index is 1.68. The number of benzene rings is 1. The number of pyridine rings is 1. The Morgan fingerprint density at radius 1 is 1.27 bits per heavy atom. The van der Waals surface area contributed by atoms with Crippen LogP contribution in [0.5, 0.6) is 0 Å². The Bertz CT molecular complexity index is 897. The molecule has 1 amide bonds. The molecule has 1 atom stereocenters. The number of hydrogen-bond acceptors (Lipinski definition) is 5. The second-order valence-electron chi connectivity index (χ2n) is 7.13. The minimum Gasteiger partial charge on any atom is -0.338 e. The first-order chi connectivity index (χ1) is 12.3. The molecule has 5 nitrogen and oxygen atoms in total. The molecule has 7 heteroatoms. The number of carbonyl (C=O) groups excluding carboxylic acids is 1. The van der Waals surface area contributed by atoms with Gasteiger partial charge in [-0.25, -0.2) is 13.4 Å². The molecule has 0 saturated carbocycles. The lowest BCUT2D eigenvalue weighted by Gasteiger charge is -2.29. The van der Waals surface area contributed by atoms with Crippen LogP contribution in [0.1, 0.15) is 20.3 Å². The summed E-state index contributed by atoms with van der Waals surface area (Å²) in [7, 11) is -3.01. The Hall–Kier alpha value is -1.60. The van der Waals surface area contributed by atoms with E-state index in [4.69, 9.17) is 0 Å². The summed E-state index contributed by atoms with van der Waals surface area (Å²) in [5.41, 5.74) is 0.908. The zero-order chi connectivity index (χ0) is 18.7. The predicted octanol–water partition coefficient (Wildman–Crippen LogP) is 3.00. The maximum Gasteiger partial charge on any atom is 0.233 e. The molecule has 1 aromatic heterocycles. The van der Waals surface area contributed by atoms with E-state index in [2.05, 4.69) is 4.98 Å². The molecule has 3 rings (SSSR count). The molecule has 1 aliphatic rings. The third-order valence-electron chi connectivity index (χ3n) is 4.45. The molecule has 0 spiro atoms. The van der Waals surface area contributed by atoms with Gasteiger partial charge in [-0.05, 0) is 24.5 Å². The van der Waals surface area contributed by atoms with Crippen LogP contribution < -0.4 is 0 Å². The standard InChI is InChI=1S/C19H24N2O3S2/c1-14(2)11-21(16-9-10-26(23,24)13-16)19(22)12-25-18-8-7-15-5-3-4-6-17(15)20-18/h3-8,14,16H,9-13H2,1-2H3/t16-/m1/s1. The molecule has 1 aromatic carbocycles. The van der Waals surface area contributed by atoms with Gasteiger partial charge in [0.2, 0.25) is 5.91 Å². The van der Waals surface area contributed by atoms with Gasteiger partial charge in [0, 0.05) is 18.0 Å². The normalized spacial score (nSPS) is 19.1. The maximum absolute atomic E-state index is 12.8. The number of thioether (sulfide) groups is 1. The SMILES string of the molecule is CC(C)CN(C(=O)CSc1ccc2ccccc2n1)[C@@H]1CCS(=O)(=O)C1. The van der Waals surface area contributed by atoms with E-state index in [1.807, 2.05) is 50.2 Å². The van der Waals surface area contributed by atoms with Crippen molar-refractivity contribution >= 4 is 38.4 Å². The van der Waals surface area contributed by atoms with Crippen molar-refractivity contribution in [3.05, 3.63) is 36.4 Å². The van der Waals surface area contributed by atoms with Crippen molar-refractivity contribution in [2.45, 2.75) is 31.3 Å². The smallest absolute Gasteiger partial charge is 0.233 e. The quantitative estimate of drug-likeness (QED) is 0.707. The number of amides is 1. The van der Waals surface area contributed by atoms with Crippen molar-refractivity contribution in [1.82, 2.24) is 9.88 Å². The first-order valence-corrected chi connectivity index (χ1v) is 11.6. The number of rotatable bonds is 6. The summed E-state index contributed by atoms with van der Waals surface area (Å²) in [4.78, 5) is 19.1. The number of para-hydroxylation sites is 1. The van der Waals surface area contributed by atoms with Crippen molar-refractivity contribution in [1.29, 1.82) is 0 Å². The molecule has 140 valence electrons. The van der Waals surface area contributed by atoms with Crippen LogP contribution in [-0.4, -0.2) is 54.1 Å².